The van der Waals surface area contributed by atoms with Crippen LogP contribution in [0.5, 0.6) is 0 Å². The Morgan fingerprint density at radius 3 is 2.72 bits per heavy atom. The first kappa shape index (κ1) is 13.3. The second-order valence-electron chi connectivity index (χ2n) is 4.32. The third kappa shape index (κ3) is 4.61. The fourth-order valence-corrected chi connectivity index (χ4v) is 2.36. The first-order chi connectivity index (χ1) is 8.84. The molecule has 2 rings (SSSR count). The maximum Gasteiger partial charge on any atom is 0.0721 e. The van der Waals surface area contributed by atoms with Crippen LogP contribution in [0, 0.1) is 0 Å². The number of rotatable bonds is 7. The second-order valence-corrected chi connectivity index (χ2v) is 5.35. The summed E-state index contributed by atoms with van der Waals surface area (Å²) in [5.74, 6) is 0. The van der Waals surface area contributed by atoms with Gasteiger partial charge in [0.05, 0.1) is 12.7 Å². The molecule has 0 radical (unpaired) electrons. The molecule has 1 unspecified atom stereocenters. The van der Waals surface area contributed by atoms with E-state index in [1.807, 2.05) is 18.2 Å². The average molecular weight is 261 g/mol. The minimum absolute atomic E-state index is 0.227. The van der Waals surface area contributed by atoms with Gasteiger partial charge in [0.25, 0.3) is 0 Å². The molecule has 0 aliphatic carbocycles. The van der Waals surface area contributed by atoms with Gasteiger partial charge >= 0.3 is 0 Å². The molecule has 0 saturated heterocycles. The molecule has 2 nitrogen and oxygen atoms in total. The molecule has 0 amide bonds. The van der Waals surface area contributed by atoms with Crippen LogP contribution >= 0.6 is 11.3 Å². The molecule has 0 fully saturated rings. The monoisotopic (exact) mass is 261 g/mol. The van der Waals surface area contributed by atoms with E-state index in [2.05, 4.69) is 41.9 Å². The first-order valence-corrected chi connectivity index (χ1v) is 7.11. The molecule has 0 aliphatic rings. The van der Waals surface area contributed by atoms with E-state index in [9.17, 15) is 0 Å². The molecule has 0 saturated carbocycles. The van der Waals surface area contributed by atoms with Crippen LogP contribution < -0.4 is 5.32 Å². The van der Waals surface area contributed by atoms with Gasteiger partial charge < -0.3 is 10.1 Å². The van der Waals surface area contributed by atoms with Crippen LogP contribution in [-0.4, -0.2) is 12.6 Å². The van der Waals surface area contributed by atoms with Crippen molar-refractivity contribution in [3.05, 3.63) is 58.3 Å². The van der Waals surface area contributed by atoms with Gasteiger partial charge in [-0.25, -0.2) is 0 Å². The van der Waals surface area contributed by atoms with Crippen LogP contribution in [0.2, 0.25) is 0 Å². The van der Waals surface area contributed by atoms with E-state index >= 15 is 0 Å². The number of thiophene rings is 1. The van der Waals surface area contributed by atoms with Crippen molar-refractivity contribution in [1.29, 1.82) is 0 Å². The van der Waals surface area contributed by atoms with Gasteiger partial charge in [-0.15, -0.1) is 11.3 Å². The Balaban J connectivity index is 1.62. The van der Waals surface area contributed by atoms with Gasteiger partial charge in [0.1, 0.15) is 0 Å². The van der Waals surface area contributed by atoms with Crippen molar-refractivity contribution >= 4 is 11.3 Å². The molecule has 1 aromatic heterocycles. The van der Waals surface area contributed by atoms with Crippen molar-refractivity contribution in [1.82, 2.24) is 5.32 Å². The number of ether oxygens (including phenoxy) is 1. The van der Waals surface area contributed by atoms with Crippen LogP contribution in [0.3, 0.4) is 0 Å². The zero-order valence-corrected chi connectivity index (χ0v) is 11.5. The summed E-state index contributed by atoms with van der Waals surface area (Å²) in [5, 5.41) is 5.51. The van der Waals surface area contributed by atoms with Gasteiger partial charge in [0.2, 0.25) is 0 Å². The first-order valence-electron chi connectivity index (χ1n) is 6.23. The average Bonchev–Trinajstić information content (AvgIpc) is 2.91. The SMILES string of the molecule is CC(CNCc1cccs1)OCc1ccccc1. The van der Waals surface area contributed by atoms with Crippen molar-refractivity contribution in [2.24, 2.45) is 0 Å². The molecule has 1 aromatic carbocycles. The molecule has 1 atom stereocenters. The summed E-state index contributed by atoms with van der Waals surface area (Å²) in [5.41, 5.74) is 1.22. The van der Waals surface area contributed by atoms with Crippen molar-refractivity contribution < 1.29 is 4.74 Å². The van der Waals surface area contributed by atoms with Crippen molar-refractivity contribution in [2.45, 2.75) is 26.2 Å². The highest BCUT2D eigenvalue weighted by Gasteiger charge is 2.02. The number of nitrogens with one attached hydrogen (secondary N) is 1. The fraction of sp³-hybridized carbons (Fsp3) is 0.333. The predicted octanol–water partition coefficient (Wildman–Crippen LogP) is 3.44. The van der Waals surface area contributed by atoms with E-state index in [0.717, 1.165) is 13.1 Å². The van der Waals surface area contributed by atoms with Crippen LogP contribution in [0.25, 0.3) is 0 Å². The van der Waals surface area contributed by atoms with E-state index in [4.69, 9.17) is 4.74 Å². The Bertz CT molecular complexity index is 427. The fourth-order valence-electron chi connectivity index (χ4n) is 1.68. The molecule has 1 heterocycles. The molecule has 0 bridgehead atoms. The smallest absolute Gasteiger partial charge is 0.0721 e. The predicted molar refractivity (Wildman–Crippen MR) is 76.7 cm³/mol. The molecular weight excluding hydrogens is 242 g/mol. The minimum atomic E-state index is 0.227. The van der Waals surface area contributed by atoms with E-state index < -0.39 is 0 Å². The van der Waals surface area contributed by atoms with Gasteiger partial charge in [-0.3, -0.25) is 0 Å². The van der Waals surface area contributed by atoms with Crippen molar-refractivity contribution in [3.8, 4) is 0 Å². The summed E-state index contributed by atoms with van der Waals surface area (Å²) in [6.45, 7) is 4.59. The number of benzene rings is 1. The van der Waals surface area contributed by atoms with Gasteiger partial charge in [0, 0.05) is 18.0 Å². The molecule has 0 spiro atoms. The summed E-state index contributed by atoms with van der Waals surface area (Å²) >= 11 is 1.78. The Morgan fingerprint density at radius 2 is 2.00 bits per heavy atom. The van der Waals surface area contributed by atoms with E-state index in [-0.39, 0.29) is 6.10 Å². The van der Waals surface area contributed by atoms with Crippen LogP contribution in [0.1, 0.15) is 17.4 Å². The third-order valence-corrected chi connectivity index (χ3v) is 3.56. The molecule has 1 N–H and O–H groups in total. The normalized spacial score (nSPS) is 12.5. The lowest BCUT2D eigenvalue weighted by molar-refractivity contribution is 0.0531. The molecule has 2 aromatic rings. The van der Waals surface area contributed by atoms with Crippen molar-refractivity contribution in [3.63, 3.8) is 0 Å². The Labute approximate surface area is 113 Å². The molecule has 3 heteroatoms. The highest BCUT2D eigenvalue weighted by atomic mass is 32.1. The lowest BCUT2D eigenvalue weighted by Crippen LogP contribution is -2.26. The number of hydrogen-bond acceptors (Lipinski definition) is 3. The van der Waals surface area contributed by atoms with Crippen molar-refractivity contribution in [2.75, 3.05) is 6.54 Å². The third-order valence-electron chi connectivity index (χ3n) is 2.69. The zero-order valence-electron chi connectivity index (χ0n) is 10.6. The molecule has 18 heavy (non-hydrogen) atoms. The zero-order chi connectivity index (χ0) is 12.6. The van der Waals surface area contributed by atoms with Gasteiger partial charge in [-0.2, -0.15) is 0 Å². The van der Waals surface area contributed by atoms with Gasteiger partial charge in [-0.05, 0) is 23.9 Å². The lowest BCUT2D eigenvalue weighted by atomic mass is 10.2. The Hall–Kier alpha value is -1.16. The van der Waals surface area contributed by atoms with Crippen LogP contribution in [0.15, 0.2) is 47.8 Å². The standard InChI is InChI=1S/C15H19NOS/c1-13(10-16-11-15-8-5-9-18-15)17-12-14-6-3-2-4-7-14/h2-9,13,16H,10-12H2,1H3. The highest BCUT2D eigenvalue weighted by molar-refractivity contribution is 7.09. The van der Waals surface area contributed by atoms with E-state index in [1.54, 1.807) is 11.3 Å². The summed E-state index contributed by atoms with van der Waals surface area (Å²) in [4.78, 5) is 1.37. The maximum absolute atomic E-state index is 5.79. The maximum atomic E-state index is 5.79. The Kier molecular flexibility index (Phi) is 5.39. The van der Waals surface area contributed by atoms with Crippen LogP contribution in [-0.2, 0) is 17.9 Å². The van der Waals surface area contributed by atoms with Gasteiger partial charge in [0.15, 0.2) is 0 Å². The largest absolute Gasteiger partial charge is 0.373 e. The topological polar surface area (TPSA) is 21.3 Å². The lowest BCUT2D eigenvalue weighted by Gasteiger charge is -2.13. The second kappa shape index (κ2) is 7.31. The summed E-state index contributed by atoms with van der Waals surface area (Å²) in [6.07, 6.45) is 0.227. The molecular formula is C15H19NOS. The minimum Gasteiger partial charge on any atom is -0.373 e. The van der Waals surface area contributed by atoms with Gasteiger partial charge in [-0.1, -0.05) is 36.4 Å². The summed E-state index contributed by atoms with van der Waals surface area (Å²) in [6, 6.07) is 14.5. The quantitative estimate of drug-likeness (QED) is 0.824. The summed E-state index contributed by atoms with van der Waals surface area (Å²) < 4.78 is 5.79. The Morgan fingerprint density at radius 1 is 1.17 bits per heavy atom. The highest BCUT2D eigenvalue weighted by Crippen LogP contribution is 2.07. The van der Waals surface area contributed by atoms with Crippen LogP contribution in [0.4, 0.5) is 0 Å². The molecule has 0 aliphatic heterocycles. The van der Waals surface area contributed by atoms with E-state index in [1.165, 1.54) is 10.4 Å². The summed E-state index contributed by atoms with van der Waals surface area (Å²) in [7, 11) is 0. The number of hydrogen-bond donors (Lipinski definition) is 1. The molecule has 96 valence electrons. The van der Waals surface area contributed by atoms with E-state index in [0.29, 0.717) is 6.61 Å².